The molecular formula is C22H20FN3S. The summed E-state index contributed by atoms with van der Waals surface area (Å²) >= 11 is 1.63. The molecule has 0 fully saturated rings. The van der Waals surface area contributed by atoms with E-state index in [0.717, 1.165) is 44.1 Å². The Morgan fingerprint density at radius 2 is 1.81 bits per heavy atom. The second-order valence-electron chi connectivity index (χ2n) is 6.53. The molecule has 0 saturated carbocycles. The minimum Gasteiger partial charge on any atom is -0.339 e. The molecule has 5 heteroatoms. The highest BCUT2D eigenvalue weighted by Crippen LogP contribution is 2.41. The zero-order chi connectivity index (χ0) is 19.0. The smallest absolute Gasteiger partial charge is 0.143 e. The molecule has 0 amide bonds. The zero-order valence-electron chi connectivity index (χ0n) is 15.5. The number of anilines is 2. The Hall–Kier alpha value is -2.79. The second-order valence-corrected chi connectivity index (χ2v) is 7.73. The number of para-hydroxylation sites is 1. The van der Waals surface area contributed by atoms with Crippen molar-refractivity contribution in [3.63, 3.8) is 0 Å². The summed E-state index contributed by atoms with van der Waals surface area (Å²) in [5, 5.41) is 4.53. The van der Waals surface area contributed by atoms with Crippen molar-refractivity contribution in [1.82, 2.24) is 9.97 Å². The van der Waals surface area contributed by atoms with Gasteiger partial charge in [-0.1, -0.05) is 37.3 Å². The number of rotatable bonds is 4. The van der Waals surface area contributed by atoms with Crippen LogP contribution in [0.5, 0.6) is 0 Å². The van der Waals surface area contributed by atoms with Crippen molar-refractivity contribution in [2.45, 2.75) is 27.2 Å². The van der Waals surface area contributed by atoms with E-state index in [2.05, 4.69) is 54.3 Å². The molecule has 3 nitrogen and oxygen atoms in total. The molecule has 2 heterocycles. The van der Waals surface area contributed by atoms with E-state index in [1.165, 1.54) is 23.3 Å². The maximum Gasteiger partial charge on any atom is 0.143 e. The van der Waals surface area contributed by atoms with Crippen LogP contribution in [-0.4, -0.2) is 9.97 Å². The standard InChI is InChI=1S/C22H20FN3S/c1-4-15-7-5-6-13(2)20(15)26-21-19-18(16-8-10-17(23)11-9-16)14(3)27-22(19)25-12-24-21/h5-12H,4H2,1-3H3,(H,24,25,26). The van der Waals surface area contributed by atoms with E-state index in [4.69, 9.17) is 0 Å². The summed E-state index contributed by atoms with van der Waals surface area (Å²) in [4.78, 5) is 11.1. The van der Waals surface area contributed by atoms with Crippen molar-refractivity contribution in [3.8, 4) is 11.1 Å². The Kier molecular flexibility index (Phi) is 4.62. The normalized spacial score (nSPS) is 11.1. The third kappa shape index (κ3) is 3.19. The lowest BCUT2D eigenvalue weighted by Gasteiger charge is -2.14. The van der Waals surface area contributed by atoms with Crippen LogP contribution in [0, 0.1) is 19.7 Å². The summed E-state index contributed by atoms with van der Waals surface area (Å²) in [6, 6.07) is 12.9. The van der Waals surface area contributed by atoms with E-state index >= 15 is 0 Å². The Morgan fingerprint density at radius 3 is 2.56 bits per heavy atom. The number of fused-ring (bicyclic) bond motifs is 1. The number of aryl methyl sites for hydroxylation is 3. The summed E-state index contributed by atoms with van der Waals surface area (Å²) in [5.41, 5.74) is 5.55. The number of thiophene rings is 1. The van der Waals surface area contributed by atoms with Gasteiger partial charge in [0.15, 0.2) is 0 Å². The van der Waals surface area contributed by atoms with Crippen molar-refractivity contribution in [1.29, 1.82) is 0 Å². The fourth-order valence-electron chi connectivity index (χ4n) is 3.42. The molecule has 0 bridgehead atoms. The Bertz CT molecular complexity index is 1120. The van der Waals surface area contributed by atoms with Gasteiger partial charge in [-0.15, -0.1) is 11.3 Å². The highest BCUT2D eigenvalue weighted by atomic mass is 32.1. The van der Waals surface area contributed by atoms with Gasteiger partial charge in [0, 0.05) is 16.1 Å². The summed E-state index contributed by atoms with van der Waals surface area (Å²) in [7, 11) is 0. The lowest BCUT2D eigenvalue weighted by Crippen LogP contribution is -2.01. The van der Waals surface area contributed by atoms with Crippen LogP contribution in [0.4, 0.5) is 15.9 Å². The van der Waals surface area contributed by atoms with Crippen LogP contribution in [-0.2, 0) is 6.42 Å². The first-order valence-corrected chi connectivity index (χ1v) is 9.75. The molecule has 0 unspecified atom stereocenters. The fourth-order valence-corrected chi connectivity index (χ4v) is 4.44. The van der Waals surface area contributed by atoms with E-state index in [1.807, 2.05) is 12.1 Å². The van der Waals surface area contributed by atoms with E-state index in [0.29, 0.717) is 0 Å². The van der Waals surface area contributed by atoms with Gasteiger partial charge in [-0.25, -0.2) is 14.4 Å². The Labute approximate surface area is 161 Å². The van der Waals surface area contributed by atoms with Gasteiger partial charge in [0.1, 0.15) is 22.8 Å². The third-order valence-corrected chi connectivity index (χ3v) is 5.79. The van der Waals surface area contributed by atoms with E-state index in [1.54, 1.807) is 17.7 Å². The monoisotopic (exact) mass is 377 g/mol. The molecule has 0 saturated heterocycles. The van der Waals surface area contributed by atoms with Gasteiger partial charge in [-0.05, 0) is 49.1 Å². The maximum absolute atomic E-state index is 13.4. The van der Waals surface area contributed by atoms with Gasteiger partial charge in [0.2, 0.25) is 0 Å². The third-order valence-electron chi connectivity index (χ3n) is 4.78. The molecule has 0 aliphatic rings. The highest BCUT2D eigenvalue weighted by molar-refractivity contribution is 7.19. The van der Waals surface area contributed by atoms with Crippen LogP contribution in [0.25, 0.3) is 21.3 Å². The molecule has 136 valence electrons. The minimum absolute atomic E-state index is 0.238. The van der Waals surface area contributed by atoms with E-state index in [-0.39, 0.29) is 5.82 Å². The van der Waals surface area contributed by atoms with Crippen LogP contribution in [0.15, 0.2) is 48.8 Å². The minimum atomic E-state index is -0.238. The predicted molar refractivity (Wildman–Crippen MR) is 111 cm³/mol. The molecule has 4 rings (SSSR count). The molecule has 4 aromatic rings. The summed E-state index contributed by atoms with van der Waals surface area (Å²) < 4.78 is 13.4. The van der Waals surface area contributed by atoms with E-state index < -0.39 is 0 Å². The number of hydrogen-bond donors (Lipinski definition) is 1. The molecule has 1 N–H and O–H groups in total. The molecule has 2 aromatic heterocycles. The molecule has 2 aromatic carbocycles. The first-order chi connectivity index (χ1) is 13.1. The van der Waals surface area contributed by atoms with Gasteiger partial charge < -0.3 is 5.32 Å². The predicted octanol–water partition coefficient (Wildman–Crippen LogP) is 6.42. The Balaban J connectivity index is 1.91. The molecule has 0 spiro atoms. The number of benzene rings is 2. The number of hydrogen-bond acceptors (Lipinski definition) is 4. The lowest BCUT2D eigenvalue weighted by molar-refractivity contribution is 0.628. The van der Waals surface area contributed by atoms with Crippen LogP contribution in [0.2, 0.25) is 0 Å². The van der Waals surface area contributed by atoms with E-state index in [9.17, 15) is 4.39 Å². The zero-order valence-corrected chi connectivity index (χ0v) is 16.3. The molecular weight excluding hydrogens is 357 g/mol. The molecule has 0 aliphatic carbocycles. The van der Waals surface area contributed by atoms with Gasteiger partial charge in [-0.2, -0.15) is 0 Å². The molecule has 0 radical (unpaired) electrons. The van der Waals surface area contributed by atoms with Crippen LogP contribution in [0.3, 0.4) is 0 Å². The van der Waals surface area contributed by atoms with Crippen molar-refractivity contribution >= 4 is 33.1 Å². The van der Waals surface area contributed by atoms with Crippen molar-refractivity contribution in [3.05, 3.63) is 70.6 Å². The van der Waals surface area contributed by atoms with Crippen LogP contribution < -0.4 is 5.32 Å². The quantitative estimate of drug-likeness (QED) is 0.446. The second kappa shape index (κ2) is 7.08. The lowest BCUT2D eigenvalue weighted by atomic mass is 10.0. The first kappa shape index (κ1) is 17.6. The number of halogens is 1. The average Bonchev–Trinajstić information content (AvgIpc) is 3.01. The number of nitrogens with one attached hydrogen (secondary N) is 1. The number of nitrogens with zero attached hydrogens (tertiary/aromatic N) is 2. The van der Waals surface area contributed by atoms with Crippen LogP contribution in [0.1, 0.15) is 22.9 Å². The van der Waals surface area contributed by atoms with Crippen molar-refractivity contribution < 1.29 is 4.39 Å². The van der Waals surface area contributed by atoms with Gasteiger partial charge >= 0.3 is 0 Å². The fraction of sp³-hybridized carbons (Fsp3) is 0.182. The van der Waals surface area contributed by atoms with Gasteiger partial charge in [0.05, 0.1) is 5.39 Å². The number of aromatic nitrogens is 2. The first-order valence-electron chi connectivity index (χ1n) is 8.94. The average molecular weight is 377 g/mol. The van der Waals surface area contributed by atoms with Crippen molar-refractivity contribution in [2.75, 3.05) is 5.32 Å². The Morgan fingerprint density at radius 1 is 1.04 bits per heavy atom. The highest BCUT2D eigenvalue weighted by Gasteiger charge is 2.18. The van der Waals surface area contributed by atoms with Gasteiger partial charge in [0.25, 0.3) is 0 Å². The summed E-state index contributed by atoms with van der Waals surface area (Å²) in [5.74, 6) is 0.547. The molecule has 0 aliphatic heterocycles. The largest absolute Gasteiger partial charge is 0.339 e. The van der Waals surface area contributed by atoms with Crippen molar-refractivity contribution in [2.24, 2.45) is 0 Å². The molecule has 0 atom stereocenters. The summed E-state index contributed by atoms with van der Waals surface area (Å²) in [6.45, 7) is 6.31. The SMILES string of the molecule is CCc1cccc(C)c1Nc1ncnc2sc(C)c(-c3ccc(F)cc3)c12. The van der Waals surface area contributed by atoms with Crippen LogP contribution >= 0.6 is 11.3 Å². The maximum atomic E-state index is 13.4. The summed E-state index contributed by atoms with van der Waals surface area (Å²) in [6.07, 6.45) is 2.53. The molecule has 27 heavy (non-hydrogen) atoms. The van der Waals surface area contributed by atoms with Gasteiger partial charge in [-0.3, -0.25) is 0 Å². The topological polar surface area (TPSA) is 37.8 Å².